The van der Waals surface area contributed by atoms with Crippen molar-refractivity contribution in [1.29, 1.82) is 0 Å². The van der Waals surface area contributed by atoms with Crippen LogP contribution in [0, 0.1) is 6.92 Å². The third-order valence-corrected chi connectivity index (χ3v) is 6.16. The van der Waals surface area contributed by atoms with E-state index in [1.54, 1.807) is 24.3 Å². The smallest absolute Gasteiger partial charge is 0.338 e. The molecule has 2 N–H and O–H groups in total. The van der Waals surface area contributed by atoms with Gasteiger partial charge in [-0.15, -0.1) is 0 Å². The van der Waals surface area contributed by atoms with Crippen LogP contribution in [0.15, 0.2) is 77.7 Å². The van der Waals surface area contributed by atoms with E-state index in [0.29, 0.717) is 18.0 Å². The van der Waals surface area contributed by atoms with Crippen molar-refractivity contribution >= 4 is 33.3 Å². The molecule has 0 aliphatic carbocycles. The highest BCUT2D eigenvalue weighted by atomic mass is 32.2. The number of anilines is 2. The predicted molar refractivity (Wildman–Crippen MR) is 130 cm³/mol. The number of amides is 1. The Morgan fingerprint density at radius 1 is 0.941 bits per heavy atom. The van der Waals surface area contributed by atoms with Gasteiger partial charge in [-0.2, -0.15) is 0 Å². The van der Waals surface area contributed by atoms with Crippen LogP contribution in [0.4, 0.5) is 11.4 Å². The molecule has 0 fully saturated rings. The number of esters is 1. The van der Waals surface area contributed by atoms with Gasteiger partial charge in [-0.3, -0.25) is 9.52 Å². The molecule has 3 aromatic rings. The maximum absolute atomic E-state index is 12.7. The summed E-state index contributed by atoms with van der Waals surface area (Å²) in [5.74, 6) is -0.676. The minimum atomic E-state index is -3.88. The lowest BCUT2D eigenvalue weighted by atomic mass is 10.2. The summed E-state index contributed by atoms with van der Waals surface area (Å²) in [7, 11) is -3.88. The summed E-state index contributed by atoms with van der Waals surface area (Å²) < 4.78 is 38.4. The number of benzene rings is 3. The fourth-order valence-corrected chi connectivity index (χ4v) is 4.02. The van der Waals surface area contributed by atoms with Crippen molar-refractivity contribution in [3.8, 4) is 5.75 Å². The number of sulfonamides is 1. The Bertz CT molecular complexity index is 1260. The van der Waals surface area contributed by atoms with E-state index >= 15 is 0 Å². The molecule has 0 saturated heterocycles. The van der Waals surface area contributed by atoms with Crippen molar-refractivity contribution in [1.82, 2.24) is 0 Å². The van der Waals surface area contributed by atoms with Gasteiger partial charge >= 0.3 is 5.97 Å². The van der Waals surface area contributed by atoms with E-state index < -0.39 is 28.0 Å². The second kappa shape index (κ2) is 10.8. The van der Waals surface area contributed by atoms with E-state index in [0.717, 1.165) is 5.56 Å². The Morgan fingerprint density at radius 2 is 1.62 bits per heavy atom. The molecule has 0 aliphatic rings. The minimum absolute atomic E-state index is 0.0466. The number of carbonyl (C=O) groups is 2. The second-order valence-corrected chi connectivity index (χ2v) is 9.18. The summed E-state index contributed by atoms with van der Waals surface area (Å²) in [4.78, 5) is 24.9. The lowest BCUT2D eigenvalue weighted by molar-refractivity contribution is -0.123. The molecule has 0 bridgehead atoms. The summed E-state index contributed by atoms with van der Waals surface area (Å²) in [5.41, 5.74) is 1.92. The first-order chi connectivity index (χ1) is 16.2. The SMILES string of the molecule is CCOc1ccc(S(=O)(=O)Nc2cccc(C(=O)O[C@H](C)C(=O)Nc3ccc(C)cc3)c2)cc1. The van der Waals surface area contributed by atoms with Gasteiger partial charge in [0.1, 0.15) is 5.75 Å². The van der Waals surface area contributed by atoms with Crippen LogP contribution in [-0.4, -0.2) is 33.0 Å². The molecular weight excluding hydrogens is 456 g/mol. The van der Waals surface area contributed by atoms with Crippen LogP contribution in [0.2, 0.25) is 0 Å². The molecule has 1 amide bonds. The highest BCUT2D eigenvalue weighted by Gasteiger charge is 2.20. The van der Waals surface area contributed by atoms with Crippen LogP contribution in [0.5, 0.6) is 5.75 Å². The zero-order chi connectivity index (χ0) is 24.7. The van der Waals surface area contributed by atoms with Gasteiger partial charge in [0.05, 0.1) is 17.1 Å². The van der Waals surface area contributed by atoms with Crippen LogP contribution in [0.1, 0.15) is 29.8 Å². The van der Waals surface area contributed by atoms with Crippen LogP contribution in [-0.2, 0) is 19.6 Å². The number of hydrogen-bond acceptors (Lipinski definition) is 6. The standard InChI is InChI=1S/C25H26N2O6S/c1-4-32-22-12-14-23(15-13-22)34(30,31)27-21-7-5-6-19(16-21)25(29)33-18(3)24(28)26-20-10-8-17(2)9-11-20/h5-16,18,27H,4H2,1-3H3,(H,26,28)/t18-/m1/s1. The summed E-state index contributed by atoms with van der Waals surface area (Å²) in [6, 6.07) is 19.0. The highest BCUT2D eigenvalue weighted by Crippen LogP contribution is 2.21. The normalized spacial score (nSPS) is 11.9. The number of nitrogens with one attached hydrogen (secondary N) is 2. The fourth-order valence-electron chi connectivity index (χ4n) is 2.97. The zero-order valence-corrected chi connectivity index (χ0v) is 19.9. The van der Waals surface area contributed by atoms with E-state index in [2.05, 4.69) is 10.0 Å². The van der Waals surface area contributed by atoms with Crippen LogP contribution in [0.3, 0.4) is 0 Å². The van der Waals surface area contributed by atoms with E-state index in [4.69, 9.17) is 9.47 Å². The molecule has 8 nitrogen and oxygen atoms in total. The van der Waals surface area contributed by atoms with Crippen molar-refractivity contribution < 1.29 is 27.5 Å². The quantitative estimate of drug-likeness (QED) is 0.438. The number of rotatable bonds is 9. The van der Waals surface area contributed by atoms with Gasteiger partial charge in [0, 0.05) is 11.4 Å². The first-order valence-electron chi connectivity index (χ1n) is 10.6. The Hall–Kier alpha value is -3.85. The molecule has 178 valence electrons. The largest absolute Gasteiger partial charge is 0.494 e. The minimum Gasteiger partial charge on any atom is -0.494 e. The Balaban J connectivity index is 1.65. The van der Waals surface area contributed by atoms with Crippen LogP contribution >= 0.6 is 0 Å². The number of ether oxygens (including phenoxy) is 2. The van der Waals surface area contributed by atoms with Gasteiger partial charge < -0.3 is 14.8 Å². The molecule has 0 spiro atoms. The first kappa shape index (κ1) is 24.8. The molecule has 0 saturated carbocycles. The number of carbonyl (C=O) groups excluding carboxylic acids is 2. The van der Waals surface area contributed by atoms with E-state index in [1.807, 2.05) is 26.0 Å². The molecule has 9 heteroatoms. The van der Waals surface area contributed by atoms with Gasteiger partial charge in [0.15, 0.2) is 6.10 Å². The van der Waals surface area contributed by atoms with Crippen molar-refractivity contribution in [2.45, 2.75) is 31.8 Å². The average Bonchev–Trinajstić information content (AvgIpc) is 2.81. The van der Waals surface area contributed by atoms with Crippen molar-refractivity contribution in [3.05, 3.63) is 83.9 Å². The summed E-state index contributed by atoms with van der Waals surface area (Å²) in [5, 5.41) is 2.68. The molecule has 1 atom stereocenters. The summed E-state index contributed by atoms with van der Waals surface area (Å²) >= 11 is 0. The predicted octanol–water partition coefficient (Wildman–Crippen LogP) is 4.38. The first-order valence-corrected chi connectivity index (χ1v) is 12.1. The third kappa shape index (κ3) is 6.58. The topological polar surface area (TPSA) is 111 Å². The molecule has 34 heavy (non-hydrogen) atoms. The van der Waals surface area contributed by atoms with Crippen LogP contribution < -0.4 is 14.8 Å². The highest BCUT2D eigenvalue weighted by molar-refractivity contribution is 7.92. The van der Waals surface area contributed by atoms with Crippen LogP contribution in [0.25, 0.3) is 0 Å². The van der Waals surface area contributed by atoms with Gasteiger partial charge in [0.25, 0.3) is 15.9 Å². The summed E-state index contributed by atoms with van der Waals surface area (Å²) in [6.45, 7) is 5.70. The van der Waals surface area contributed by atoms with Gasteiger partial charge in [-0.25, -0.2) is 13.2 Å². The fraction of sp³-hybridized carbons (Fsp3) is 0.200. The maximum atomic E-state index is 12.7. The second-order valence-electron chi connectivity index (χ2n) is 7.49. The van der Waals surface area contributed by atoms with Gasteiger partial charge in [0.2, 0.25) is 0 Å². The molecule has 0 aromatic heterocycles. The van der Waals surface area contributed by atoms with Crippen molar-refractivity contribution in [3.63, 3.8) is 0 Å². The molecule has 0 unspecified atom stereocenters. The lowest BCUT2D eigenvalue weighted by Crippen LogP contribution is -2.30. The third-order valence-electron chi connectivity index (χ3n) is 4.77. The Morgan fingerprint density at radius 3 is 2.26 bits per heavy atom. The number of hydrogen-bond donors (Lipinski definition) is 2. The molecular formula is C25H26N2O6S. The van der Waals surface area contributed by atoms with Gasteiger partial charge in [-0.1, -0.05) is 23.8 Å². The molecule has 0 aliphatic heterocycles. The molecule has 0 radical (unpaired) electrons. The van der Waals surface area contributed by atoms with E-state index in [-0.39, 0.29) is 16.1 Å². The van der Waals surface area contributed by atoms with E-state index in [9.17, 15) is 18.0 Å². The average molecular weight is 483 g/mol. The van der Waals surface area contributed by atoms with Crippen molar-refractivity contribution in [2.75, 3.05) is 16.6 Å². The lowest BCUT2D eigenvalue weighted by Gasteiger charge is -2.14. The Kier molecular flexibility index (Phi) is 7.91. The molecule has 3 aromatic carbocycles. The van der Waals surface area contributed by atoms with Crippen molar-refractivity contribution in [2.24, 2.45) is 0 Å². The molecule has 3 rings (SSSR count). The monoisotopic (exact) mass is 482 g/mol. The summed E-state index contributed by atoms with van der Waals surface area (Å²) in [6.07, 6.45) is -1.06. The zero-order valence-electron chi connectivity index (χ0n) is 19.1. The molecule has 0 heterocycles. The number of aryl methyl sites for hydroxylation is 1. The maximum Gasteiger partial charge on any atom is 0.338 e. The van der Waals surface area contributed by atoms with Gasteiger partial charge in [-0.05, 0) is 75.4 Å². The van der Waals surface area contributed by atoms with E-state index in [1.165, 1.54) is 43.3 Å². The Labute approximate surface area is 199 Å².